The summed E-state index contributed by atoms with van der Waals surface area (Å²) in [6.07, 6.45) is 5.56. The third-order valence-corrected chi connectivity index (χ3v) is 4.93. The Kier molecular flexibility index (Phi) is 3.90. The highest BCUT2D eigenvalue weighted by Gasteiger charge is 2.37. The number of benzene rings is 1. The molecule has 3 rings (SSSR count). The molecule has 0 radical (unpaired) electrons. The average molecular weight is 258 g/mol. The highest BCUT2D eigenvalue weighted by molar-refractivity contribution is 5.31. The second-order valence-corrected chi connectivity index (χ2v) is 6.38. The van der Waals surface area contributed by atoms with E-state index in [1.54, 1.807) is 5.56 Å². The Labute approximate surface area is 117 Å². The zero-order chi connectivity index (χ0) is 13.1. The Bertz CT molecular complexity index is 415. The SMILES string of the molecule is Cc1cccc(C2(CN3CCNCC3)CCCC2)c1. The van der Waals surface area contributed by atoms with Crippen molar-refractivity contribution in [3.05, 3.63) is 35.4 Å². The van der Waals surface area contributed by atoms with Crippen molar-refractivity contribution in [2.45, 2.75) is 38.0 Å². The molecule has 2 aliphatic rings. The lowest BCUT2D eigenvalue weighted by Gasteiger charge is -2.38. The molecule has 1 saturated heterocycles. The number of hydrogen-bond donors (Lipinski definition) is 1. The average Bonchev–Trinajstić information content (AvgIpc) is 2.90. The van der Waals surface area contributed by atoms with Crippen molar-refractivity contribution < 1.29 is 0 Å². The predicted molar refractivity (Wildman–Crippen MR) is 80.6 cm³/mol. The standard InChI is InChI=1S/C17H26N2/c1-15-5-4-6-16(13-15)17(7-2-3-8-17)14-19-11-9-18-10-12-19/h4-6,13,18H,2-3,7-12,14H2,1H3. The van der Waals surface area contributed by atoms with Crippen LogP contribution in [0.25, 0.3) is 0 Å². The summed E-state index contributed by atoms with van der Waals surface area (Å²) < 4.78 is 0. The molecule has 0 aromatic heterocycles. The molecule has 1 aromatic rings. The molecule has 0 bridgehead atoms. The first kappa shape index (κ1) is 13.1. The highest BCUT2D eigenvalue weighted by Crippen LogP contribution is 2.42. The summed E-state index contributed by atoms with van der Waals surface area (Å²) in [5.74, 6) is 0. The van der Waals surface area contributed by atoms with E-state index in [1.165, 1.54) is 50.9 Å². The van der Waals surface area contributed by atoms with Gasteiger partial charge in [0.05, 0.1) is 0 Å². The van der Waals surface area contributed by atoms with Crippen LogP contribution in [-0.2, 0) is 5.41 Å². The Hall–Kier alpha value is -0.860. The van der Waals surface area contributed by atoms with Crippen LogP contribution < -0.4 is 5.32 Å². The van der Waals surface area contributed by atoms with E-state index < -0.39 is 0 Å². The van der Waals surface area contributed by atoms with Crippen LogP contribution in [-0.4, -0.2) is 37.6 Å². The summed E-state index contributed by atoms with van der Waals surface area (Å²) in [6.45, 7) is 8.23. The highest BCUT2D eigenvalue weighted by atomic mass is 15.2. The van der Waals surface area contributed by atoms with Crippen molar-refractivity contribution in [3.63, 3.8) is 0 Å². The molecular weight excluding hydrogens is 232 g/mol. The molecule has 2 fully saturated rings. The quantitative estimate of drug-likeness (QED) is 0.897. The van der Waals surface area contributed by atoms with Gasteiger partial charge < -0.3 is 5.32 Å². The molecule has 0 amide bonds. The first-order chi connectivity index (χ1) is 9.28. The molecule has 1 aromatic carbocycles. The molecule has 1 heterocycles. The van der Waals surface area contributed by atoms with Gasteiger partial charge >= 0.3 is 0 Å². The van der Waals surface area contributed by atoms with Gasteiger partial charge in [-0.15, -0.1) is 0 Å². The summed E-state index contributed by atoms with van der Waals surface area (Å²) in [5, 5.41) is 3.46. The minimum Gasteiger partial charge on any atom is -0.314 e. The van der Waals surface area contributed by atoms with Gasteiger partial charge in [0.15, 0.2) is 0 Å². The topological polar surface area (TPSA) is 15.3 Å². The van der Waals surface area contributed by atoms with Crippen LogP contribution in [0, 0.1) is 6.92 Å². The second kappa shape index (κ2) is 5.64. The lowest BCUT2D eigenvalue weighted by molar-refractivity contribution is 0.185. The Morgan fingerprint density at radius 2 is 1.89 bits per heavy atom. The molecule has 0 atom stereocenters. The van der Waals surface area contributed by atoms with Gasteiger partial charge in [-0.05, 0) is 25.3 Å². The third kappa shape index (κ3) is 2.85. The van der Waals surface area contributed by atoms with Crippen molar-refractivity contribution in [1.29, 1.82) is 0 Å². The molecule has 0 unspecified atom stereocenters. The van der Waals surface area contributed by atoms with Crippen LogP contribution in [0.3, 0.4) is 0 Å². The van der Waals surface area contributed by atoms with Crippen LogP contribution in [0.1, 0.15) is 36.8 Å². The Morgan fingerprint density at radius 3 is 2.58 bits per heavy atom. The smallest absolute Gasteiger partial charge is 0.0108 e. The monoisotopic (exact) mass is 258 g/mol. The van der Waals surface area contributed by atoms with Gasteiger partial charge in [-0.25, -0.2) is 0 Å². The number of hydrogen-bond acceptors (Lipinski definition) is 2. The molecule has 1 aliphatic heterocycles. The molecule has 19 heavy (non-hydrogen) atoms. The molecule has 2 heteroatoms. The maximum atomic E-state index is 3.46. The van der Waals surface area contributed by atoms with Crippen molar-refractivity contribution in [2.24, 2.45) is 0 Å². The summed E-state index contributed by atoms with van der Waals surface area (Å²) in [4.78, 5) is 2.67. The van der Waals surface area contributed by atoms with Gasteiger partial charge in [0, 0.05) is 38.1 Å². The third-order valence-electron chi connectivity index (χ3n) is 4.93. The molecule has 104 valence electrons. The lowest BCUT2D eigenvalue weighted by Crippen LogP contribution is -2.48. The van der Waals surface area contributed by atoms with E-state index in [0.29, 0.717) is 5.41 Å². The van der Waals surface area contributed by atoms with Gasteiger partial charge in [0.2, 0.25) is 0 Å². The zero-order valence-electron chi connectivity index (χ0n) is 12.1. The molecule has 2 nitrogen and oxygen atoms in total. The van der Waals surface area contributed by atoms with Crippen LogP contribution >= 0.6 is 0 Å². The Morgan fingerprint density at radius 1 is 1.16 bits per heavy atom. The normalized spacial score (nSPS) is 23.6. The fraction of sp³-hybridized carbons (Fsp3) is 0.647. The van der Waals surface area contributed by atoms with Crippen molar-refractivity contribution in [2.75, 3.05) is 32.7 Å². The van der Waals surface area contributed by atoms with Crippen molar-refractivity contribution >= 4 is 0 Å². The minimum absolute atomic E-state index is 0.434. The van der Waals surface area contributed by atoms with E-state index in [4.69, 9.17) is 0 Å². The molecule has 1 saturated carbocycles. The number of aryl methyl sites for hydroxylation is 1. The number of piperazine rings is 1. The van der Waals surface area contributed by atoms with Crippen molar-refractivity contribution in [3.8, 4) is 0 Å². The van der Waals surface area contributed by atoms with E-state index in [1.807, 2.05) is 0 Å². The lowest BCUT2D eigenvalue weighted by atomic mass is 9.77. The predicted octanol–water partition coefficient (Wildman–Crippen LogP) is 2.71. The van der Waals surface area contributed by atoms with E-state index >= 15 is 0 Å². The van der Waals surface area contributed by atoms with E-state index in [9.17, 15) is 0 Å². The fourth-order valence-corrected chi connectivity index (χ4v) is 3.86. The molecular formula is C17H26N2. The first-order valence-corrected chi connectivity index (χ1v) is 7.79. The largest absolute Gasteiger partial charge is 0.314 e. The maximum Gasteiger partial charge on any atom is 0.0108 e. The van der Waals surface area contributed by atoms with Gasteiger partial charge in [0.25, 0.3) is 0 Å². The Balaban J connectivity index is 1.82. The molecule has 1 N–H and O–H groups in total. The van der Waals surface area contributed by atoms with Crippen LogP contribution in [0.4, 0.5) is 0 Å². The van der Waals surface area contributed by atoms with Gasteiger partial charge in [0.1, 0.15) is 0 Å². The zero-order valence-corrected chi connectivity index (χ0v) is 12.1. The molecule has 1 aliphatic carbocycles. The molecule has 0 spiro atoms. The van der Waals surface area contributed by atoms with Crippen LogP contribution in [0.15, 0.2) is 24.3 Å². The van der Waals surface area contributed by atoms with Crippen LogP contribution in [0.2, 0.25) is 0 Å². The number of rotatable bonds is 3. The second-order valence-electron chi connectivity index (χ2n) is 6.38. The summed E-state index contributed by atoms with van der Waals surface area (Å²) in [6, 6.07) is 9.24. The summed E-state index contributed by atoms with van der Waals surface area (Å²) >= 11 is 0. The number of nitrogens with one attached hydrogen (secondary N) is 1. The maximum absolute atomic E-state index is 3.46. The number of nitrogens with zero attached hydrogens (tertiary/aromatic N) is 1. The summed E-state index contributed by atoms with van der Waals surface area (Å²) in [5.41, 5.74) is 3.43. The van der Waals surface area contributed by atoms with E-state index in [-0.39, 0.29) is 0 Å². The first-order valence-electron chi connectivity index (χ1n) is 7.79. The van der Waals surface area contributed by atoms with Crippen LogP contribution in [0.5, 0.6) is 0 Å². The fourth-order valence-electron chi connectivity index (χ4n) is 3.86. The van der Waals surface area contributed by atoms with Gasteiger partial charge in [-0.1, -0.05) is 42.7 Å². The van der Waals surface area contributed by atoms with E-state index in [0.717, 1.165) is 13.1 Å². The van der Waals surface area contributed by atoms with Gasteiger partial charge in [-0.2, -0.15) is 0 Å². The summed E-state index contributed by atoms with van der Waals surface area (Å²) in [7, 11) is 0. The minimum atomic E-state index is 0.434. The van der Waals surface area contributed by atoms with Crippen molar-refractivity contribution in [1.82, 2.24) is 10.2 Å². The van der Waals surface area contributed by atoms with E-state index in [2.05, 4.69) is 41.4 Å². The van der Waals surface area contributed by atoms with Gasteiger partial charge in [-0.3, -0.25) is 4.90 Å².